The van der Waals surface area contributed by atoms with Crippen LogP contribution in [0.5, 0.6) is 0 Å². The number of nitro benzene ring substituents is 1. The minimum Gasteiger partial charge on any atom is -0.258 e. The fourth-order valence-electron chi connectivity index (χ4n) is 1.91. The van der Waals surface area contributed by atoms with E-state index in [9.17, 15) is 10.1 Å². The summed E-state index contributed by atoms with van der Waals surface area (Å²) in [5, 5.41) is 15.1. The number of nitrogens with one attached hydrogen (secondary N) is 1. The number of hydrazone groups is 1. The lowest BCUT2D eigenvalue weighted by atomic mass is 10.1. The molecule has 1 aromatic heterocycles. The summed E-state index contributed by atoms with van der Waals surface area (Å²) in [4.78, 5) is 19.0. The Morgan fingerprint density at radius 2 is 1.86 bits per heavy atom. The van der Waals surface area contributed by atoms with Crippen molar-refractivity contribution in [2.45, 2.75) is 20.8 Å². The zero-order valence-electron chi connectivity index (χ0n) is 12.0. The van der Waals surface area contributed by atoms with Gasteiger partial charge >= 0.3 is 0 Å². The lowest BCUT2D eigenvalue weighted by molar-refractivity contribution is -0.385. The van der Waals surface area contributed by atoms with Crippen LogP contribution in [0.4, 0.5) is 11.6 Å². The van der Waals surface area contributed by atoms with Gasteiger partial charge in [0.1, 0.15) is 0 Å². The van der Waals surface area contributed by atoms with Crippen LogP contribution >= 0.6 is 0 Å². The second-order valence-electron chi connectivity index (χ2n) is 4.56. The molecule has 108 valence electrons. The van der Waals surface area contributed by atoms with Gasteiger partial charge in [0.2, 0.25) is 5.95 Å². The van der Waals surface area contributed by atoms with Gasteiger partial charge in [-0.3, -0.25) is 10.1 Å². The highest BCUT2D eigenvalue weighted by Crippen LogP contribution is 2.18. The summed E-state index contributed by atoms with van der Waals surface area (Å²) >= 11 is 0. The minimum absolute atomic E-state index is 0.0156. The maximum absolute atomic E-state index is 11.0. The summed E-state index contributed by atoms with van der Waals surface area (Å²) in [6.45, 7) is 5.41. The number of aryl methyl sites for hydroxylation is 2. The molecular formula is C14H15N5O2. The first-order valence-corrected chi connectivity index (χ1v) is 6.34. The summed E-state index contributed by atoms with van der Waals surface area (Å²) < 4.78 is 0. The number of benzene rings is 1. The van der Waals surface area contributed by atoms with Crippen molar-refractivity contribution >= 4 is 17.3 Å². The highest BCUT2D eigenvalue weighted by molar-refractivity contribution is 6.02. The quantitative estimate of drug-likeness (QED) is 0.529. The van der Waals surface area contributed by atoms with Crippen LogP contribution in [0.2, 0.25) is 0 Å². The van der Waals surface area contributed by atoms with Crippen LogP contribution < -0.4 is 5.43 Å². The summed E-state index contributed by atoms with van der Waals surface area (Å²) in [6, 6.07) is 8.30. The molecule has 0 radical (unpaired) electrons. The number of nitrogens with zero attached hydrogens (tertiary/aromatic N) is 4. The molecular weight excluding hydrogens is 270 g/mol. The van der Waals surface area contributed by atoms with E-state index < -0.39 is 4.92 Å². The molecule has 1 aromatic carbocycles. The highest BCUT2D eigenvalue weighted by Gasteiger charge is 2.14. The molecule has 7 heteroatoms. The van der Waals surface area contributed by atoms with Gasteiger partial charge in [0.15, 0.2) is 0 Å². The summed E-state index contributed by atoms with van der Waals surface area (Å²) in [5.41, 5.74) is 5.34. The zero-order chi connectivity index (χ0) is 15.4. The Hall–Kier alpha value is -2.83. The Balaban J connectivity index is 2.27. The molecule has 0 aliphatic rings. The molecule has 0 amide bonds. The molecule has 0 saturated heterocycles. The molecule has 7 nitrogen and oxygen atoms in total. The Morgan fingerprint density at radius 3 is 2.48 bits per heavy atom. The smallest absolute Gasteiger partial charge is 0.258 e. The van der Waals surface area contributed by atoms with E-state index in [0.29, 0.717) is 17.2 Å². The first-order chi connectivity index (χ1) is 9.97. The molecule has 2 aromatic rings. The van der Waals surface area contributed by atoms with Crippen LogP contribution in [0, 0.1) is 24.0 Å². The molecule has 0 aliphatic heterocycles. The van der Waals surface area contributed by atoms with Crippen LogP contribution in [-0.4, -0.2) is 20.6 Å². The lowest BCUT2D eigenvalue weighted by Crippen LogP contribution is -2.06. The number of anilines is 1. The fraction of sp³-hybridized carbons (Fsp3) is 0.214. The van der Waals surface area contributed by atoms with E-state index in [2.05, 4.69) is 20.5 Å². The molecule has 0 saturated carbocycles. The monoisotopic (exact) mass is 285 g/mol. The molecule has 1 N–H and O–H groups in total. The topological polar surface area (TPSA) is 93.3 Å². The standard InChI is InChI=1S/C14H15N5O2/c1-9-8-10(2)16-14(15-9)18-17-11(3)12-6-4-5-7-13(12)19(20)21/h4-8H,1-3H3,(H,15,16,18)/b17-11-. The Labute approximate surface area is 121 Å². The molecule has 0 unspecified atom stereocenters. The third-order valence-corrected chi connectivity index (χ3v) is 2.80. The average molecular weight is 285 g/mol. The number of hydrogen-bond donors (Lipinski definition) is 1. The normalized spacial score (nSPS) is 11.3. The van der Waals surface area contributed by atoms with Crippen molar-refractivity contribution in [1.29, 1.82) is 0 Å². The number of para-hydroxylation sites is 1. The van der Waals surface area contributed by atoms with Crippen molar-refractivity contribution in [2.75, 3.05) is 5.43 Å². The van der Waals surface area contributed by atoms with Gasteiger partial charge in [0.25, 0.3) is 5.69 Å². The maximum atomic E-state index is 11.0. The minimum atomic E-state index is -0.429. The Kier molecular flexibility index (Phi) is 4.22. The van der Waals surface area contributed by atoms with E-state index >= 15 is 0 Å². The van der Waals surface area contributed by atoms with Crippen LogP contribution in [0.3, 0.4) is 0 Å². The van der Waals surface area contributed by atoms with Crippen molar-refractivity contribution in [3.05, 3.63) is 57.4 Å². The Bertz CT molecular complexity index is 692. The van der Waals surface area contributed by atoms with E-state index in [4.69, 9.17) is 0 Å². The highest BCUT2D eigenvalue weighted by atomic mass is 16.6. The van der Waals surface area contributed by atoms with Crippen LogP contribution in [0.15, 0.2) is 35.4 Å². The summed E-state index contributed by atoms with van der Waals surface area (Å²) in [5.74, 6) is 0.366. The van der Waals surface area contributed by atoms with Crippen LogP contribution in [0.25, 0.3) is 0 Å². The summed E-state index contributed by atoms with van der Waals surface area (Å²) in [7, 11) is 0. The molecule has 0 atom stereocenters. The van der Waals surface area contributed by atoms with Crippen molar-refractivity contribution in [3.63, 3.8) is 0 Å². The average Bonchev–Trinajstić information content (AvgIpc) is 2.43. The van der Waals surface area contributed by atoms with Gasteiger partial charge in [-0.05, 0) is 32.9 Å². The van der Waals surface area contributed by atoms with E-state index in [1.807, 2.05) is 19.9 Å². The van der Waals surface area contributed by atoms with Gasteiger partial charge in [-0.25, -0.2) is 15.4 Å². The summed E-state index contributed by atoms with van der Waals surface area (Å²) in [6.07, 6.45) is 0. The molecule has 0 aliphatic carbocycles. The third-order valence-electron chi connectivity index (χ3n) is 2.80. The maximum Gasteiger partial charge on any atom is 0.278 e. The molecule has 0 spiro atoms. The van der Waals surface area contributed by atoms with E-state index in [1.165, 1.54) is 6.07 Å². The number of hydrogen-bond acceptors (Lipinski definition) is 6. The Morgan fingerprint density at radius 1 is 1.24 bits per heavy atom. The van der Waals surface area contributed by atoms with Gasteiger partial charge in [-0.2, -0.15) is 5.10 Å². The van der Waals surface area contributed by atoms with Gasteiger partial charge in [-0.15, -0.1) is 0 Å². The SMILES string of the molecule is C/C(=N/Nc1nc(C)cc(C)n1)c1ccccc1[N+](=O)[O-]. The second kappa shape index (κ2) is 6.08. The van der Waals surface area contributed by atoms with Crippen molar-refractivity contribution in [1.82, 2.24) is 9.97 Å². The van der Waals surface area contributed by atoms with Gasteiger partial charge in [0.05, 0.1) is 16.2 Å². The molecule has 0 bridgehead atoms. The van der Waals surface area contributed by atoms with Gasteiger partial charge < -0.3 is 0 Å². The number of aromatic nitrogens is 2. The zero-order valence-corrected chi connectivity index (χ0v) is 12.0. The molecule has 2 rings (SSSR count). The first-order valence-electron chi connectivity index (χ1n) is 6.34. The molecule has 21 heavy (non-hydrogen) atoms. The largest absolute Gasteiger partial charge is 0.278 e. The van der Waals surface area contributed by atoms with Crippen LogP contribution in [0.1, 0.15) is 23.9 Å². The predicted octanol–water partition coefficient (Wildman–Crippen LogP) is 2.84. The van der Waals surface area contributed by atoms with Crippen molar-refractivity contribution in [3.8, 4) is 0 Å². The second-order valence-corrected chi connectivity index (χ2v) is 4.56. The molecule has 0 fully saturated rings. The number of rotatable bonds is 4. The van der Waals surface area contributed by atoms with Crippen LogP contribution in [-0.2, 0) is 0 Å². The van der Waals surface area contributed by atoms with E-state index in [1.54, 1.807) is 25.1 Å². The fourth-order valence-corrected chi connectivity index (χ4v) is 1.91. The van der Waals surface area contributed by atoms with E-state index in [0.717, 1.165) is 11.4 Å². The third kappa shape index (κ3) is 3.59. The van der Waals surface area contributed by atoms with E-state index in [-0.39, 0.29) is 5.69 Å². The molecule has 1 heterocycles. The number of nitro groups is 1. The first kappa shape index (κ1) is 14.6. The van der Waals surface area contributed by atoms with Crippen molar-refractivity contribution < 1.29 is 4.92 Å². The van der Waals surface area contributed by atoms with Crippen molar-refractivity contribution in [2.24, 2.45) is 5.10 Å². The predicted molar refractivity (Wildman–Crippen MR) is 80.4 cm³/mol. The van der Waals surface area contributed by atoms with Gasteiger partial charge in [0, 0.05) is 17.5 Å². The van der Waals surface area contributed by atoms with Gasteiger partial charge in [-0.1, -0.05) is 12.1 Å². The lowest BCUT2D eigenvalue weighted by Gasteiger charge is -2.04.